The fourth-order valence-corrected chi connectivity index (χ4v) is 5.76. The van der Waals surface area contributed by atoms with E-state index in [1.807, 2.05) is 25.1 Å². The number of nitrogens with zero attached hydrogens (tertiary/aromatic N) is 1. The number of sulfone groups is 1. The van der Waals surface area contributed by atoms with Gasteiger partial charge in [-0.05, 0) is 40.5 Å². The number of amides is 1. The van der Waals surface area contributed by atoms with Crippen LogP contribution in [0.15, 0.2) is 22.7 Å². The summed E-state index contributed by atoms with van der Waals surface area (Å²) in [6, 6.07) is 5.56. The van der Waals surface area contributed by atoms with Crippen molar-refractivity contribution in [1.29, 1.82) is 0 Å². The molecule has 1 aromatic rings. The standard InChI is InChI=1S/C13H14BrNO3S/c1-8-2-3-11(10(14)4-8)15-12-7-19(17,18)6-9(12)5-13(15)16/h2-4,9,12H,5-7H2,1H3. The number of hydrogen-bond donors (Lipinski definition) is 0. The van der Waals surface area contributed by atoms with Crippen molar-refractivity contribution in [1.82, 2.24) is 0 Å². The molecule has 102 valence electrons. The van der Waals surface area contributed by atoms with Gasteiger partial charge in [0.1, 0.15) is 0 Å². The first-order valence-corrected chi connectivity index (χ1v) is 8.77. The number of benzene rings is 1. The van der Waals surface area contributed by atoms with Gasteiger partial charge in [0, 0.05) is 16.8 Å². The molecule has 1 amide bonds. The average molecular weight is 344 g/mol. The number of rotatable bonds is 1. The van der Waals surface area contributed by atoms with Crippen LogP contribution in [-0.4, -0.2) is 31.9 Å². The molecule has 0 N–H and O–H groups in total. The molecule has 2 atom stereocenters. The summed E-state index contributed by atoms with van der Waals surface area (Å²) < 4.78 is 24.3. The minimum absolute atomic E-state index is 0.0226. The van der Waals surface area contributed by atoms with Crippen LogP contribution >= 0.6 is 15.9 Å². The Bertz CT molecular complexity index is 656. The minimum Gasteiger partial charge on any atom is -0.307 e. The summed E-state index contributed by atoms with van der Waals surface area (Å²) >= 11 is 3.47. The number of carbonyl (C=O) groups is 1. The molecule has 2 unspecified atom stereocenters. The third-order valence-corrected chi connectivity index (χ3v) is 6.26. The first-order chi connectivity index (χ1) is 8.87. The highest BCUT2D eigenvalue weighted by Crippen LogP contribution is 2.40. The van der Waals surface area contributed by atoms with Crippen molar-refractivity contribution in [3.8, 4) is 0 Å². The molecule has 2 fully saturated rings. The summed E-state index contributed by atoms with van der Waals surface area (Å²) in [5, 5.41) is 0. The van der Waals surface area contributed by atoms with Crippen LogP contribution < -0.4 is 4.90 Å². The van der Waals surface area contributed by atoms with Gasteiger partial charge in [0.15, 0.2) is 9.84 Å². The monoisotopic (exact) mass is 343 g/mol. The molecule has 2 saturated heterocycles. The summed E-state index contributed by atoms with van der Waals surface area (Å²) in [5.74, 6) is 0.202. The van der Waals surface area contributed by atoms with Gasteiger partial charge in [0.05, 0.1) is 23.2 Å². The molecule has 4 nitrogen and oxygen atoms in total. The van der Waals surface area contributed by atoms with Gasteiger partial charge in [0.2, 0.25) is 5.91 Å². The third kappa shape index (κ3) is 2.21. The minimum atomic E-state index is -3.00. The lowest BCUT2D eigenvalue weighted by molar-refractivity contribution is -0.117. The Morgan fingerprint density at radius 1 is 1.32 bits per heavy atom. The SMILES string of the molecule is Cc1ccc(N2C(=O)CC3CS(=O)(=O)CC32)c(Br)c1. The highest BCUT2D eigenvalue weighted by Gasteiger charge is 2.49. The van der Waals surface area contributed by atoms with Crippen molar-refractivity contribution >= 4 is 37.4 Å². The molecular weight excluding hydrogens is 330 g/mol. The Labute approximate surface area is 120 Å². The van der Waals surface area contributed by atoms with Gasteiger partial charge in [-0.2, -0.15) is 0 Å². The van der Waals surface area contributed by atoms with Crippen LogP contribution in [-0.2, 0) is 14.6 Å². The molecule has 2 aliphatic heterocycles. The Morgan fingerprint density at radius 3 is 2.74 bits per heavy atom. The van der Waals surface area contributed by atoms with E-state index >= 15 is 0 Å². The average Bonchev–Trinajstić information content (AvgIpc) is 2.70. The normalized spacial score (nSPS) is 28.7. The van der Waals surface area contributed by atoms with E-state index in [0.29, 0.717) is 6.42 Å². The molecule has 0 spiro atoms. The number of carbonyl (C=O) groups excluding carboxylic acids is 1. The quantitative estimate of drug-likeness (QED) is 0.782. The van der Waals surface area contributed by atoms with Gasteiger partial charge >= 0.3 is 0 Å². The predicted molar refractivity (Wildman–Crippen MR) is 76.9 cm³/mol. The van der Waals surface area contributed by atoms with E-state index in [1.54, 1.807) is 4.90 Å². The number of fused-ring (bicyclic) bond motifs is 1. The van der Waals surface area contributed by atoms with Crippen molar-refractivity contribution in [3.05, 3.63) is 28.2 Å². The molecule has 0 aliphatic carbocycles. The molecule has 2 heterocycles. The molecule has 19 heavy (non-hydrogen) atoms. The Kier molecular flexibility index (Phi) is 2.98. The van der Waals surface area contributed by atoms with Gasteiger partial charge in [0.25, 0.3) is 0 Å². The zero-order valence-electron chi connectivity index (χ0n) is 10.5. The van der Waals surface area contributed by atoms with Gasteiger partial charge in [-0.25, -0.2) is 8.42 Å². The van der Waals surface area contributed by atoms with Crippen LogP contribution in [0, 0.1) is 12.8 Å². The summed E-state index contributed by atoms with van der Waals surface area (Å²) in [7, 11) is -3.00. The van der Waals surface area contributed by atoms with Crippen LogP contribution in [0.3, 0.4) is 0 Å². The predicted octanol–water partition coefficient (Wildman–Crippen LogP) is 1.91. The number of halogens is 1. The van der Waals surface area contributed by atoms with Gasteiger partial charge in [-0.1, -0.05) is 6.07 Å². The van der Waals surface area contributed by atoms with Crippen molar-refractivity contribution < 1.29 is 13.2 Å². The molecule has 3 rings (SSSR count). The summed E-state index contributed by atoms with van der Waals surface area (Å²) in [5.41, 5.74) is 1.87. The molecule has 6 heteroatoms. The van der Waals surface area contributed by atoms with Crippen LogP contribution in [0.2, 0.25) is 0 Å². The molecule has 0 saturated carbocycles. The highest BCUT2D eigenvalue weighted by atomic mass is 79.9. The van der Waals surface area contributed by atoms with Gasteiger partial charge in [-0.15, -0.1) is 0 Å². The molecular formula is C13H14BrNO3S. The molecule has 2 aliphatic rings. The maximum Gasteiger partial charge on any atom is 0.227 e. The second-order valence-electron chi connectivity index (χ2n) is 5.33. The molecule has 1 aromatic carbocycles. The first-order valence-electron chi connectivity index (χ1n) is 6.16. The zero-order valence-corrected chi connectivity index (χ0v) is 12.9. The van der Waals surface area contributed by atoms with Crippen LogP contribution in [0.4, 0.5) is 5.69 Å². The van der Waals surface area contributed by atoms with Crippen LogP contribution in [0.1, 0.15) is 12.0 Å². The lowest BCUT2D eigenvalue weighted by Crippen LogP contribution is -2.36. The van der Waals surface area contributed by atoms with Gasteiger partial charge < -0.3 is 4.90 Å². The maximum absolute atomic E-state index is 12.1. The van der Waals surface area contributed by atoms with Gasteiger partial charge in [-0.3, -0.25) is 4.79 Å². The third-order valence-electron chi connectivity index (χ3n) is 3.84. The van der Waals surface area contributed by atoms with E-state index in [2.05, 4.69) is 15.9 Å². The zero-order chi connectivity index (χ0) is 13.8. The smallest absolute Gasteiger partial charge is 0.227 e. The summed E-state index contributed by atoms with van der Waals surface area (Å²) in [6.07, 6.45) is 0.338. The second kappa shape index (κ2) is 4.31. The highest BCUT2D eigenvalue weighted by molar-refractivity contribution is 9.10. The summed E-state index contributed by atoms with van der Waals surface area (Å²) in [6.45, 7) is 1.98. The topological polar surface area (TPSA) is 54.5 Å². The van der Waals surface area contributed by atoms with Crippen molar-refractivity contribution in [2.75, 3.05) is 16.4 Å². The number of aryl methyl sites for hydroxylation is 1. The Morgan fingerprint density at radius 2 is 2.05 bits per heavy atom. The van der Waals surface area contributed by atoms with Crippen molar-refractivity contribution in [2.24, 2.45) is 5.92 Å². The molecule has 0 bridgehead atoms. The van der Waals surface area contributed by atoms with Crippen molar-refractivity contribution in [2.45, 2.75) is 19.4 Å². The fourth-order valence-electron chi connectivity index (χ4n) is 3.01. The van der Waals surface area contributed by atoms with Crippen LogP contribution in [0.5, 0.6) is 0 Å². The molecule has 0 aromatic heterocycles. The van der Waals surface area contributed by atoms with Crippen molar-refractivity contribution in [3.63, 3.8) is 0 Å². The first kappa shape index (κ1) is 13.1. The number of anilines is 1. The largest absolute Gasteiger partial charge is 0.307 e. The number of hydrogen-bond acceptors (Lipinski definition) is 3. The maximum atomic E-state index is 12.1. The fraction of sp³-hybridized carbons (Fsp3) is 0.462. The Hall–Kier alpha value is -0.880. The second-order valence-corrected chi connectivity index (χ2v) is 8.34. The van der Waals surface area contributed by atoms with E-state index in [4.69, 9.17) is 0 Å². The van der Waals surface area contributed by atoms with E-state index in [0.717, 1.165) is 15.7 Å². The summed E-state index contributed by atoms with van der Waals surface area (Å²) in [4.78, 5) is 13.8. The van der Waals surface area contributed by atoms with E-state index in [-0.39, 0.29) is 29.4 Å². The van der Waals surface area contributed by atoms with E-state index in [1.165, 1.54) is 0 Å². The van der Waals surface area contributed by atoms with Crippen LogP contribution in [0.25, 0.3) is 0 Å². The lowest BCUT2D eigenvalue weighted by Gasteiger charge is -2.24. The molecule has 0 radical (unpaired) electrons. The van der Waals surface area contributed by atoms with E-state index < -0.39 is 9.84 Å². The Balaban J connectivity index is 2.02. The lowest BCUT2D eigenvalue weighted by atomic mass is 10.0. The van der Waals surface area contributed by atoms with E-state index in [9.17, 15) is 13.2 Å².